The lowest BCUT2D eigenvalue weighted by atomic mass is 9.83. The van der Waals surface area contributed by atoms with Crippen LogP contribution in [0.15, 0.2) is 24.3 Å². The minimum atomic E-state index is -0.895. The number of rotatable bonds is 5. The SMILES string of the molecule is CC(C)(C(=O)NC(CN)C1CC1)c1ccccc1F.Cl. The molecule has 0 aliphatic heterocycles. The molecule has 1 saturated carbocycles. The third-order valence-corrected chi connectivity index (χ3v) is 3.88. The summed E-state index contributed by atoms with van der Waals surface area (Å²) in [5.41, 5.74) is 5.21. The van der Waals surface area contributed by atoms with Crippen LogP contribution in [0, 0.1) is 11.7 Å². The van der Waals surface area contributed by atoms with E-state index in [2.05, 4.69) is 5.32 Å². The number of carbonyl (C=O) groups is 1. The minimum Gasteiger partial charge on any atom is -0.351 e. The molecule has 3 N–H and O–H groups in total. The Bertz CT molecular complexity index is 475. The molecule has 1 fully saturated rings. The highest BCUT2D eigenvalue weighted by Crippen LogP contribution is 2.33. The van der Waals surface area contributed by atoms with Crippen LogP contribution in [0.25, 0.3) is 0 Å². The molecule has 0 heterocycles. The van der Waals surface area contributed by atoms with Crippen LogP contribution in [0.3, 0.4) is 0 Å². The van der Waals surface area contributed by atoms with Crippen molar-refractivity contribution in [2.45, 2.75) is 38.1 Å². The second kappa shape index (κ2) is 6.55. The predicted octanol–water partition coefficient (Wildman–Crippen LogP) is 2.38. The smallest absolute Gasteiger partial charge is 0.230 e. The molecule has 0 spiro atoms. The lowest BCUT2D eigenvalue weighted by Crippen LogP contribution is -2.49. The van der Waals surface area contributed by atoms with Crippen LogP contribution in [0.4, 0.5) is 4.39 Å². The van der Waals surface area contributed by atoms with Gasteiger partial charge in [-0.15, -0.1) is 12.4 Å². The lowest BCUT2D eigenvalue weighted by molar-refractivity contribution is -0.126. The number of nitrogens with one attached hydrogen (secondary N) is 1. The Morgan fingerprint density at radius 1 is 1.45 bits per heavy atom. The molecule has 1 unspecified atom stereocenters. The molecule has 1 aliphatic rings. The zero-order valence-electron chi connectivity index (χ0n) is 11.9. The third-order valence-electron chi connectivity index (χ3n) is 3.88. The van der Waals surface area contributed by atoms with Crippen LogP contribution < -0.4 is 11.1 Å². The molecule has 5 heteroatoms. The summed E-state index contributed by atoms with van der Waals surface area (Å²) in [5.74, 6) is -0.0244. The monoisotopic (exact) mass is 300 g/mol. The molecule has 3 nitrogen and oxygen atoms in total. The van der Waals surface area contributed by atoms with Crippen molar-refractivity contribution in [2.75, 3.05) is 6.54 Å². The number of benzene rings is 1. The zero-order valence-corrected chi connectivity index (χ0v) is 12.7. The van der Waals surface area contributed by atoms with Gasteiger partial charge in [-0.2, -0.15) is 0 Å². The van der Waals surface area contributed by atoms with E-state index in [4.69, 9.17) is 5.73 Å². The van der Waals surface area contributed by atoms with E-state index >= 15 is 0 Å². The molecule has 1 aromatic rings. The van der Waals surface area contributed by atoms with E-state index < -0.39 is 5.41 Å². The van der Waals surface area contributed by atoms with Crippen molar-refractivity contribution >= 4 is 18.3 Å². The van der Waals surface area contributed by atoms with Crippen LogP contribution in [0.5, 0.6) is 0 Å². The minimum absolute atomic E-state index is 0. The van der Waals surface area contributed by atoms with Gasteiger partial charge in [0.1, 0.15) is 5.82 Å². The molecule has 1 atom stereocenters. The predicted molar refractivity (Wildman–Crippen MR) is 80.4 cm³/mol. The van der Waals surface area contributed by atoms with Gasteiger partial charge in [0.25, 0.3) is 0 Å². The Hall–Kier alpha value is -1.13. The Labute approximate surface area is 125 Å². The van der Waals surface area contributed by atoms with Gasteiger partial charge in [-0.05, 0) is 38.7 Å². The van der Waals surface area contributed by atoms with Gasteiger partial charge in [0.2, 0.25) is 5.91 Å². The van der Waals surface area contributed by atoms with Crippen LogP contribution in [0.2, 0.25) is 0 Å². The van der Waals surface area contributed by atoms with Crippen molar-refractivity contribution in [3.05, 3.63) is 35.6 Å². The van der Waals surface area contributed by atoms with Crippen molar-refractivity contribution < 1.29 is 9.18 Å². The van der Waals surface area contributed by atoms with E-state index in [1.54, 1.807) is 32.0 Å². The maximum absolute atomic E-state index is 13.8. The second-order valence-corrected chi connectivity index (χ2v) is 5.76. The molecule has 0 saturated heterocycles. The summed E-state index contributed by atoms with van der Waals surface area (Å²) < 4.78 is 13.8. The Kier molecular flexibility index (Phi) is 5.54. The molecule has 0 radical (unpaired) electrons. The molecule has 1 aromatic carbocycles. The molecule has 0 aromatic heterocycles. The first-order chi connectivity index (χ1) is 8.96. The van der Waals surface area contributed by atoms with Gasteiger partial charge in [0.05, 0.1) is 5.41 Å². The van der Waals surface area contributed by atoms with Crippen molar-refractivity contribution in [1.82, 2.24) is 5.32 Å². The van der Waals surface area contributed by atoms with Crippen molar-refractivity contribution in [3.63, 3.8) is 0 Å². The molecular weight excluding hydrogens is 279 g/mol. The number of amides is 1. The summed E-state index contributed by atoms with van der Waals surface area (Å²) in [7, 11) is 0. The molecule has 1 aliphatic carbocycles. The summed E-state index contributed by atoms with van der Waals surface area (Å²) in [5, 5.41) is 2.96. The highest BCUT2D eigenvalue weighted by atomic mass is 35.5. The summed E-state index contributed by atoms with van der Waals surface area (Å²) in [6, 6.07) is 6.42. The standard InChI is InChI=1S/C15H21FN2O.ClH/c1-15(2,11-5-3-4-6-12(11)16)14(19)18-13(9-17)10-7-8-10;/h3-6,10,13H,7-9,17H2,1-2H3,(H,18,19);1H. The second-order valence-electron chi connectivity index (χ2n) is 5.76. The fourth-order valence-electron chi connectivity index (χ4n) is 2.31. The maximum Gasteiger partial charge on any atom is 0.230 e. The van der Waals surface area contributed by atoms with Crippen LogP contribution in [-0.2, 0) is 10.2 Å². The van der Waals surface area contributed by atoms with E-state index in [9.17, 15) is 9.18 Å². The van der Waals surface area contributed by atoms with Crippen LogP contribution in [0.1, 0.15) is 32.3 Å². The topological polar surface area (TPSA) is 55.1 Å². The zero-order chi connectivity index (χ0) is 14.0. The quantitative estimate of drug-likeness (QED) is 0.877. The van der Waals surface area contributed by atoms with E-state index in [1.165, 1.54) is 6.07 Å². The molecule has 112 valence electrons. The van der Waals surface area contributed by atoms with Gasteiger partial charge >= 0.3 is 0 Å². The van der Waals surface area contributed by atoms with E-state index in [-0.39, 0.29) is 30.2 Å². The van der Waals surface area contributed by atoms with Gasteiger partial charge in [-0.3, -0.25) is 4.79 Å². The molecule has 20 heavy (non-hydrogen) atoms. The third kappa shape index (κ3) is 3.49. The summed E-state index contributed by atoms with van der Waals surface area (Å²) >= 11 is 0. The summed E-state index contributed by atoms with van der Waals surface area (Å²) in [4.78, 5) is 12.4. The Balaban J connectivity index is 0.00000200. The lowest BCUT2D eigenvalue weighted by Gasteiger charge is -2.27. The molecule has 2 rings (SSSR count). The van der Waals surface area contributed by atoms with Crippen molar-refractivity contribution in [1.29, 1.82) is 0 Å². The van der Waals surface area contributed by atoms with Crippen molar-refractivity contribution in [3.8, 4) is 0 Å². The Morgan fingerprint density at radius 3 is 2.55 bits per heavy atom. The average molecular weight is 301 g/mol. The van der Waals surface area contributed by atoms with E-state index in [0.29, 0.717) is 18.0 Å². The number of halogens is 2. The van der Waals surface area contributed by atoms with E-state index in [1.807, 2.05) is 0 Å². The van der Waals surface area contributed by atoms with Gasteiger partial charge in [-0.25, -0.2) is 4.39 Å². The largest absolute Gasteiger partial charge is 0.351 e. The summed E-state index contributed by atoms with van der Waals surface area (Å²) in [6.45, 7) is 3.91. The Morgan fingerprint density at radius 2 is 2.05 bits per heavy atom. The number of nitrogens with two attached hydrogens (primary N) is 1. The fourth-order valence-corrected chi connectivity index (χ4v) is 2.31. The first-order valence-electron chi connectivity index (χ1n) is 6.73. The van der Waals surface area contributed by atoms with Crippen LogP contribution >= 0.6 is 12.4 Å². The molecular formula is C15H22ClFN2O. The van der Waals surface area contributed by atoms with Gasteiger partial charge in [0, 0.05) is 18.2 Å². The van der Waals surface area contributed by atoms with Crippen LogP contribution in [-0.4, -0.2) is 18.5 Å². The highest BCUT2D eigenvalue weighted by molar-refractivity contribution is 5.87. The number of hydrogen-bond donors (Lipinski definition) is 2. The first-order valence-corrected chi connectivity index (χ1v) is 6.73. The molecule has 1 amide bonds. The number of carbonyl (C=O) groups excluding carboxylic acids is 1. The van der Waals surface area contributed by atoms with Gasteiger partial charge < -0.3 is 11.1 Å². The van der Waals surface area contributed by atoms with Crippen molar-refractivity contribution in [2.24, 2.45) is 11.7 Å². The van der Waals surface area contributed by atoms with Gasteiger partial charge in [0.15, 0.2) is 0 Å². The fraction of sp³-hybridized carbons (Fsp3) is 0.533. The highest BCUT2D eigenvalue weighted by Gasteiger charge is 2.37. The van der Waals surface area contributed by atoms with E-state index in [0.717, 1.165) is 12.8 Å². The average Bonchev–Trinajstić information content (AvgIpc) is 3.20. The first kappa shape index (κ1) is 16.9. The number of hydrogen-bond acceptors (Lipinski definition) is 2. The molecule has 0 bridgehead atoms. The summed E-state index contributed by atoms with van der Waals surface area (Å²) in [6.07, 6.45) is 2.23. The van der Waals surface area contributed by atoms with Gasteiger partial charge in [-0.1, -0.05) is 18.2 Å². The normalized spacial score (nSPS) is 16.2. The maximum atomic E-state index is 13.8.